The molecule has 21 heavy (non-hydrogen) atoms. The molecule has 0 fully saturated rings. The van der Waals surface area contributed by atoms with E-state index >= 15 is 0 Å². The number of thiophene rings is 1. The van der Waals surface area contributed by atoms with Crippen molar-refractivity contribution in [2.45, 2.75) is 13.3 Å². The van der Waals surface area contributed by atoms with Crippen LogP contribution in [0.5, 0.6) is 0 Å². The molecular weight excluding hydrogens is 282 g/mol. The quantitative estimate of drug-likeness (QED) is 0.672. The molecule has 0 saturated heterocycles. The van der Waals surface area contributed by atoms with E-state index < -0.39 is 0 Å². The summed E-state index contributed by atoms with van der Waals surface area (Å²) in [7, 11) is 0. The normalized spacial score (nSPS) is 9.67. The van der Waals surface area contributed by atoms with Gasteiger partial charge in [0.25, 0.3) is 0 Å². The van der Waals surface area contributed by atoms with Crippen molar-refractivity contribution in [1.29, 1.82) is 10.5 Å². The van der Waals surface area contributed by atoms with Gasteiger partial charge in [-0.3, -0.25) is 4.79 Å². The summed E-state index contributed by atoms with van der Waals surface area (Å²) in [4.78, 5) is 12.4. The fourth-order valence-corrected chi connectivity index (χ4v) is 3.12. The highest BCUT2D eigenvalue weighted by Gasteiger charge is 2.21. The van der Waals surface area contributed by atoms with Gasteiger partial charge in [-0.05, 0) is 12.5 Å². The molecule has 0 saturated carbocycles. The minimum absolute atomic E-state index is 0.0660. The average Bonchev–Trinajstić information content (AvgIpc) is 2.87. The first-order valence-corrected chi connectivity index (χ1v) is 7.24. The summed E-state index contributed by atoms with van der Waals surface area (Å²) >= 11 is 1.27. The predicted molar refractivity (Wildman–Crippen MR) is 83.2 cm³/mol. The van der Waals surface area contributed by atoms with E-state index in [9.17, 15) is 10.1 Å². The molecule has 2 aromatic rings. The van der Waals surface area contributed by atoms with Crippen LogP contribution in [-0.4, -0.2) is 12.3 Å². The van der Waals surface area contributed by atoms with Crippen LogP contribution in [0.25, 0.3) is 11.1 Å². The fourth-order valence-electron chi connectivity index (χ4n) is 2.02. The van der Waals surface area contributed by atoms with Gasteiger partial charge in [-0.25, -0.2) is 0 Å². The molecule has 0 spiro atoms. The smallest absolute Gasteiger partial charge is 0.170 e. The zero-order valence-electron chi connectivity index (χ0n) is 11.5. The van der Waals surface area contributed by atoms with E-state index in [0.717, 1.165) is 5.56 Å². The number of nitrogens with one attached hydrogen (secondary N) is 1. The molecule has 0 amide bonds. The van der Waals surface area contributed by atoms with Gasteiger partial charge < -0.3 is 5.32 Å². The second-order valence-corrected chi connectivity index (χ2v) is 5.40. The van der Waals surface area contributed by atoms with Crippen molar-refractivity contribution < 1.29 is 4.79 Å². The Morgan fingerprint density at radius 1 is 1.29 bits per heavy atom. The Hall–Kier alpha value is -2.63. The third kappa shape index (κ3) is 3.10. The SMILES string of the molecule is CC(=O)c1sc(NCCC#N)c(C#N)c1-c1ccccc1. The molecule has 2 rings (SSSR count). The largest absolute Gasteiger partial charge is 0.375 e. The number of carbonyl (C=O) groups is 1. The van der Waals surface area contributed by atoms with E-state index in [0.29, 0.717) is 34.0 Å². The van der Waals surface area contributed by atoms with Crippen LogP contribution in [0.15, 0.2) is 30.3 Å². The minimum Gasteiger partial charge on any atom is -0.375 e. The van der Waals surface area contributed by atoms with Crippen LogP contribution in [-0.2, 0) is 0 Å². The van der Waals surface area contributed by atoms with Gasteiger partial charge >= 0.3 is 0 Å². The van der Waals surface area contributed by atoms with Crippen LogP contribution in [0.1, 0.15) is 28.6 Å². The predicted octanol–water partition coefficient (Wildman–Crippen LogP) is 3.81. The van der Waals surface area contributed by atoms with Crippen LogP contribution >= 0.6 is 11.3 Å². The molecule has 104 valence electrons. The van der Waals surface area contributed by atoms with Crippen LogP contribution in [0.4, 0.5) is 5.00 Å². The van der Waals surface area contributed by atoms with E-state index in [4.69, 9.17) is 5.26 Å². The summed E-state index contributed by atoms with van der Waals surface area (Å²) in [6.45, 7) is 1.95. The van der Waals surface area contributed by atoms with Crippen molar-refractivity contribution in [3.8, 4) is 23.3 Å². The molecule has 0 radical (unpaired) electrons. The Morgan fingerprint density at radius 3 is 2.57 bits per heavy atom. The zero-order chi connectivity index (χ0) is 15.2. The Labute approximate surface area is 127 Å². The van der Waals surface area contributed by atoms with E-state index in [1.807, 2.05) is 36.4 Å². The Kier molecular flexibility index (Phi) is 4.71. The number of hydrogen-bond acceptors (Lipinski definition) is 5. The van der Waals surface area contributed by atoms with Crippen LogP contribution in [0.2, 0.25) is 0 Å². The number of hydrogen-bond donors (Lipinski definition) is 1. The Balaban J connectivity index is 2.54. The zero-order valence-corrected chi connectivity index (χ0v) is 12.3. The van der Waals surface area contributed by atoms with Gasteiger partial charge in [0.1, 0.15) is 11.1 Å². The molecule has 0 bridgehead atoms. The van der Waals surface area contributed by atoms with Crippen LogP contribution in [0.3, 0.4) is 0 Å². The van der Waals surface area contributed by atoms with Gasteiger partial charge in [-0.1, -0.05) is 30.3 Å². The third-order valence-electron chi connectivity index (χ3n) is 2.92. The lowest BCUT2D eigenvalue weighted by Crippen LogP contribution is -1.99. The molecule has 0 aliphatic carbocycles. The highest BCUT2D eigenvalue weighted by molar-refractivity contribution is 7.18. The first-order valence-electron chi connectivity index (χ1n) is 6.43. The second-order valence-electron chi connectivity index (χ2n) is 4.38. The van der Waals surface area contributed by atoms with Crippen molar-refractivity contribution in [3.05, 3.63) is 40.8 Å². The molecule has 4 nitrogen and oxygen atoms in total. The van der Waals surface area contributed by atoms with Gasteiger partial charge in [-0.15, -0.1) is 11.3 Å². The highest BCUT2D eigenvalue weighted by atomic mass is 32.1. The summed E-state index contributed by atoms with van der Waals surface area (Å²) in [5.74, 6) is -0.0660. The summed E-state index contributed by atoms with van der Waals surface area (Å²) in [5.41, 5.74) is 1.99. The average molecular weight is 295 g/mol. The molecule has 0 atom stereocenters. The second kappa shape index (κ2) is 6.69. The van der Waals surface area contributed by atoms with Crippen molar-refractivity contribution in [3.63, 3.8) is 0 Å². The van der Waals surface area contributed by atoms with Crippen molar-refractivity contribution in [1.82, 2.24) is 0 Å². The number of ketones is 1. The van der Waals surface area contributed by atoms with Crippen molar-refractivity contribution in [2.24, 2.45) is 0 Å². The molecule has 0 aliphatic rings. The van der Waals surface area contributed by atoms with Gasteiger partial charge in [0.15, 0.2) is 5.78 Å². The maximum absolute atomic E-state index is 11.9. The molecule has 0 unspecified atom stereocenters. The first-order chi connectivity index (χ1) is 10.2. The molecule has 5 heteroatoms. The molecule has 1 aromatic heterocycles. The van der Waals surface area contributed by atoms with Gasteiger partial charge in [-0.2, -0.15) is 10.5 Å². The Bertz CT molecular complexity index is 735. The van der Waals surface area contributed by atoms with Crippen LogP contribution in [0, 0.1) is 22.7 Å². The summed E-state index contributed by atoms with van der Waals surface area (Å²) in [6.07, 6.45) is 0.346. The van der Waals surface area contributed by atoms with E-state index in [1.165, 1.54) is 18.3 Å². The summed E-state index contributed by atoms with van der Waals surface area (Å²) in [6, 6.07) is 13.6. The van der Waals surface area contributed by atoms with Gasteiger partial charge in [0, 0.05) is 12.1 Å². The number of nitrogens with zero attached hydrogens (tertiary/aromatic N) is 2. The topological polar surface area (TPSA) is 76.7 Å². The highest BCUT2D eigenvalue weighted by Crippen LogP contribution is 2.40. The van der Waals surface area contributed by atoms with E-state index in [-0.39, 0.29) is 5.78 Å². The van der Waals surface area contributed by atoms with Gasteiger partial charge in [0.2, 0.25) is 0 Å². The summed E-state index contributed by atoms with van der Waals surface area (Å²) < 4.78 is 0. The van der Waals surface area contributed by atoms with Crippen LogP contribution < -0.4 is 5.32 Å². The van der Waals surface area contributed by atoms with E-state index in [1.54, 1.807) is 0 Å². The number of nitriles is 2. The fraction of sp³-hybridized carbons (Fsp3) is 0.188. The number of benzene rings is 1. The number of Topliss-reactive ketones (excluding diaryl/α,β-unsaturated/α-hetero) is 1. The van der Waals surface area contributed by atoms with Crippen molar-refractivity contribution >= 4 is 22.1 Å². The van der Waals surface area contributed by atoms with Crippen molar-refractivity contribution in [2.75, 3.05) is 11.9 Å². The molecule has 1 heterocycles. The lowest BCUT2D eigenvalue weighted by atomic mass is 10.0. The molecule has 1 aromatic carbocycles. The Morgan fingerprint density at radius 2 is 2.00 bits per heavy atom. The lowest BCUT2D eigenvalue weighted by molar-refractivity contribution is 0.102. The minimum atomic E-state index is -0.0660. The summed E-state index contributed by atoms with van der Waals surface area (Å²) in [5, 5.41) is 21.8. The molecule has 1 N–H and O–H groups in total. The molecular formula is C16H13N3OS. The maximum atomic E-state index is 11.9. The molecule has 0 aliphatic heterocycles. The number of rotatable bonds is 5. The first kappa shape index (κ1) is 14.8. The lowest BCUT2D eigenvalue weighted by Gasteiger charge is -2.03. The van der Waals surface area contributed by atoms with Gasteiger partial charge in [0.05, 0.1) is 22.9 Å². The number of carbonyl (C=O) groups excluding carboxylic acids is 1. The monoisotopic (exact) mass is 295 g/mol. The number of anilines is 1. The van der Waals surface area contributed by atoms with E-state index in [2.05, 4.69) is 11.4 Å². The maximum Gasteiger partial charge on any atom is 0.170 e. The third-order valence-corrected chi connectivity index (χ3v) is 4.17. The standard InChI is InChI=1S/C16H13N3OS/c1-11(20)15-14(12-6-3-2-4-7-12)13(10-18)16(21-15)19-9-5-8-17/h2-4,6-7,19H,5,9H2,1H3.